The number of piperazine rings is 1. The number of aromatic nitrogens is 2. The first kappa shape index (κ1) is 23.8. The average Bonchev–Trinajstić information content (AvgIpc) is 2.80. The highest BCUT2D eigenvalue weighted by atomic mass is 16.6. The van der Waals surface area contributed by atoms with Crippen LogP contribution < -0.4 is 4.74 Å². The van der Waals surface area contributed by atoms with E-state index in [-0.39, 0.29) is 23.1 Å². The quantitative estimate of drug-likeness (QED) is 0.605. The highest BCUT2D eigenvalue weighted by Gasteiger charge is 2.37. The van der Waals surface area contributed by atoms with Crippen molar-refractivity contribution in [3.05, 3.63) is 54.0 Å². The van der Waals surface area contributed by atoms with Crippen molar-refractivity contribution < 1.29 is 19.1 Å². The van der Waals surface area contributed by atoms with E-state index < -0.39 is 6.09 Å². The predicted molar refractivity (Wildman–Crippen MR) is 125 cm³/mol. The van der Waals surface area contributed by atoms with Gasteiger partial charge in [-0.1, -0.05) is 26.0 Å². The van der Waals surface area contributed by atoms with Crippen LogP contribution in [-0.4, -0.2) is 75.3 Å². The van der Waals surface area contributed by atoms with Crippen molar-refractivity contribution in [3.8, 4) is 5.88 Å². The number of likely N-dealkylation sites (tertiary alicyclic amines) is 1. The third kappa shape index (κ3) is 6.17. The fraction of sp³-hybridized carbons (Fsp3) is 0.480. The van der Waals surface area contributed by atoms with Crippen LogP contribution in [0.25, 0.3) is 0 Å². The van der Waals surface area contributed by atoms with E-state index in [1.165, 1.54) is 4.90 Å². The van der Waals surface area contributed by atoms with Crippen molar-refractivity contribution in [1.82, 2.24) is 24.7 Å². The number of nitrogens with zero attached hydrogens (tertiary/aromatic N) is 5. The summed E-state index contributed by atoms with van der Waals surface area (Å²) < 4.78 is 5.44. The molecule has 0 bridgehead atoms. The van der Waals surface area contributed by atoms with Gasteiger partial charge in [-0.15, -0.1) is 0 Å². The van der Waals surface area contributed by atoms with Gasteiger partial charge < -0.3 is 9.64 Å². The van der Waals surface area contributed by atoms with Crippen molar-refractivity contribution in [2.45, 2.75) is 39.7 Å². The van der Waals surface area contributed by atoms with Crippen molar-refractivity contribution in [1.29, 1.82) is 0 Å². The van der Waals surface area contributed by atoms with E-state index in [0.717, 1.165) is 30.8 Å². The Kier molecular flexibility index (Phi) is 7.21. The summed E-state index contributed by atoms with van der Waals surface area (Å²) in [6, 6.07) is 7.43. The Bertz CT molecular complexity index is 997. The zero-order valence-corrected chi connectivity index (χ0v) is 19.8. The molecule has 0 aliphatic carbocycles. The van der Waals surface area contributed by atoms with Crippen molar-refractivity contribution >= 4 is 17.9 Å². The molecule has 0 saturated carbocycles. The third-order valence-corrected chi connectivity index (χ3v) is 6.23. The minimum Gasteiger partial charge on any atom is -0.391 e. The molecule has 4 rings (SSSR count). The number of hydrogen-bond acceptors (Lipinski definition) is 7. The highest BCUT2D eigenvalue weighted by Crippen LogP contribution is 2.31. The lowest BCUT2D eigenvalue weighted by molar-refractivity contribution is -0.152. The molecule has 9 heteroatoms. The van der Waals surface area contributed by atoms with Crippen molar-refractivity contribution in [2.75, 3.05) is 32.7 Å². The van der Waals surface area contributed by atoms with E-state index in [4.69, 9.17) is 4.74 Å². The molecule has 2 aromatic heterocycles. The normalized spacial score (nSPS) is 18.8. The van der Waals surface area contributed by atoms with Crippen molar-refractivity contribution in [3.63, 3.8) is 0 Å². The molecule has 2 aromatic rings. The Labute approximate surface area is 199 Å². The first-order valence-corrected chi connectivity index (χ1v) is 11.7. The Morgan fingerprint density at radius 2 is 1.74 bits per heavy atom. The van der Waals surface area contributed by atoms with E-state index in [2.05, 4.69) is 14.9 Å². The molecule has 4 heterocycles. The van der Waals surface area contributed by atoms with Crippen LogP contribution >= 0.6 is 0 Å². The number of piperidine rings is 1. The SMILES string of the molecule is CC1(C)CC(=O)N(CCc2ccc(OC(=O)N3CCN(Cc4cccnc4)CC3)nc2)C(=O)C1. The monoisotopic (exact) mass is 465 g/mol. The molecule has 0 unspecified atom stereocenters. The Hall–Kier alpha value is -3.33. The minimum absolute atomic E-state index is 0.125. The van der Waals surface area contributed by atoms with Crippen LogP contribution in [0.15, 0.2) is 42.9 Å². The molecule has 2 saturated heterocycles. The Morgan fingerprint density at radius 1 is 1.00 bits per heavy atom. The fourth-order valence-corrected chi connectivity index (χ4v) is 4.31. The first-order valence-electron chi connectivity index (χ1n) is 11.7. The van der Waals surface area contributed by atoms with E-state index in [1.54, 1.807) is 23.4 Å². The minimum atomic E-state index is -0.409. The molecule has 0 aromatic carbocycles. The third-order valence-electron chi connectivity index (χ3n) is 6.23. The topological polar surface area (TPSA) is 95.9 Å². The molecule has 2 aliphatic rings. The lowest BCUT2D eigenvalue weighted by Crippen LogP contribution is -2.49. The molecule has 180 valence electrons. The molecule has 3 amide bonds. The van der Waals surface area contributed by atoms with E-state index in [9.17, 15) is 14.4 Å². The Morgan fingerprint density at radius 3 is 2.35 bits per heavy atom. The number of hydrogen-bond donors (Lipinski definition) is 0. The number of carbonyl (C=O) groups is 3. The molecule has 2 aliphatic heterocycles. The van der Waals surface area contributed by atoms with Crippen molar-refractivity contribution in [2.24, 2.45) is 5.41 Å². The smallest absolute Gasteiger partial charge is 0.391 e. The molecular formula is C25H31N5O4. The molecule has 0 spiro atoms. The number of rotatable bonds is 6. The molecular weight excluding hydrogens is 434 g/mol. The average molecular weight is 466 g/mol. The van der Waals surface area contributed by atoms with Gasteiger partial charge in [0.15, 0.2) is 0 Å². The molecule has 9 nitrogen and oxygen atoms in total. The van der Waals surface area contributed by atoms with Gasteiger partial charge in [0.1, 0.15) is 0 Å². The number of amides is 3. The maximum absolute atomic E-state index is 12.5. The summed E-state index contributed by atoms with van der Waals surface area (Å²) in [6.45, 7) is 7.73. The van der Waals surface area contributed by atoms with E-state index >= 15 is 0 Å². The van der Waals surface area contributed by atoms with Gasteiger partial charge in [0.25, 0.3) is 0 Å². The van der Waals surface area contributed by atoms with Crippen LogP contribution in [0.3, 0.4) is 0 Å². The van der Waals surface area contributed by atoms with Gasteiger partial charge in [0.05, 0.1) is 0 Å². The number of imide groups is 1. The van der Waals surface area contributed by atoms with E-state index in [1.807, 2.05) is 38.2 Å². The number of pyridine rings is 2. The lowest BCUT2D eigenvalue weighted by Gasteiger charge is -2.34. The van der Waals surface area contributed by atoms with Gasteiger partial charge in [-0.3, -0.25) is 24.4 Å². The summed E-state index contributed by atoms with van der Waals surface area (Å²) in [4.78, 5) is 50.8. The summed E-state index contributed by atoms with van der Waals surface area (Å²) in [5.41, 5.74) is 1.75. The second-order valence-electron chi connectivity index (χ2n) is 9.70. The van der Waals surface area contributed by atoms with Gasteiger partial charge >= 0.3 is 6.09 Å². The van der Waals surface area contributed by atoms with Crippen LogP contribution in [-0.2, 0) is 22.6 Å². The zero-order valence-electron chi connectivity index (χ0n) is 19.8. The molecule has 0 radical (unpaired) electrons. The van der Waals surface area contributed by atoms with Gasteiger partial charge in [0, 0.05) is 76.8 Å². The fourth-order valence-electron chi connectivity index (χ4n) is 4.31. The number of ether oxygens (including phenoxy) is 1. The maximum atomic E-state index is 12.5. The molecule has 0 N–H and O–H groups in total. The molecule has 34 heavy (non-hydrogen) atoms. The van der Waals surface area contributed by atoms with Crippen LogP contribution in [0, 0.1) is 5.41 Å². The van der Waals surface area contributed by atoms with Crippen LogP contribution in [0.2, 0.25) is 0 Å². The van der Waals surface area contributed by atoms with E-state index in [0.29, 0.717) is 38.9 Å². The summed E-state index contributed by atoms with van der Waals surface area (Å²) in [5, 5.41) is 0. The summed E-state index contributed by atoms with van der Waals surface area (Å²) in [6.07, 6.45) is 6.10. The zero-order chi connectivity index (χ0) is 24.1. The second kappa shape index (κ2) is 10.3. The summed E-state index contributed by atoms with van der Waals surface area (Å²) in [5.74, 6) is -0.0148. The van der Waals surface area contributed by atoms with Gasteiger partial charge in [0.2, 0.25) is 17.7 Å². The standard InChI is InChI=1S/C25H31N5O4/c1-25(2)14-22(31)30(23(32)15-25)9-7-19-5-6-21(27-17-19)34-24(33)29-12-10-28(11-13-29)18-20-4-3-8-26-16-20/h3-6,8,16-17H,7,9-15,18H2,1-2H3. The van der Waals surface area contributed by atoms with Gasteiger partial charge in [-0.2, -0.15) is 0 Å². The van der Waals surface area contributed by atoms with Gasteiger partial charge in [-0.05, 0) is 29.0 Å². The summed E-state index contributed by atoms with van der Waals surface area (Å²) >= 11 is 0. The Balaban J connectivity index is 1.22. The largest absolute Gasteiger partial charge is 0.416 e. The van der Waals surface area contributed by atoms with Crippen LogP contribution in [0.4, 0.5) is 4.79 Å². The number of carbonyl (C=O) groups excluding carboxylic acids is 3. The molecule has 2 fully saturated rings. The first-order chi connectivity index (χ1) is 16.3. The summed E-state index contributed by atoms with van der Waals surface area (Å²) in [7, 11) is 0. The highest BCUT2D eigenvalue weighted by molar-refractivity contribution is 5.98. The van der Waals surface area contributed by atoms with Gasteiger partial charge in [-0.25, -0.2) is 9.78 Å². The molecule has 0 atom stereocenters. The maximum Gasteiger partial charge on any atom is 0.416 e. The van der Waals surface area contributed by atoms with Crippen LogP contribution in [0.5, 0.6) is 5.88 Å². The second-order valence-corrected chi connectivity index (χ2v) is 9.70. The predicted octanol–water partition coefficient (Wildman–Crippen LogP) is 2.51. The lowest BCUT2D eigenvalue weighted by atomic mass is 9.81. The van der Waals surface area contributed by atoms with Crippen LogP contribution in [0.1, 0.15) is 37.8 Å².